The van der Waals surface area contributed by atoms with Crippen molar-refractivity contribution in [3.63, 3.8) is 0 Å². The lowest BCUT2D eigenvalue weighted by atomic mass is 9.99. The van der Waals surface area contributed by atoms with E-state index in [9.17, 15) is 4.79 Å². The van der Waals surface area contributed by atoms with Gasteiger partial charge in [0, 0.05) is 19.1 Å². The van der Waals surface area contributed by atoms with Crippen LogP contribution in [0.4, 0.5) is 0 Å². The van der Waals surface area contributed by atoms with Crippen molar-refractivity contribution in [1.29, 1.82) is 0 Å². The summed E-state index contributed by atoms with van der Waals surface area (Å²) in [5, 5.41) is 0. The van der Waals surface area contributed by atoms with Gasteiger partial charge in [0.15, 0.2) is 5.78 Å². The molecule has 0 saturated heterocycles. The number of allylic oxidation sites excluding steroid dienone is 1. The Labute approximate surface area is 74.6 Å². The van der Waals surface area contributed by atoms with Crippen LogP contribution in [-0.4, -0.2) is 19.0 Å². The number of ketones is 1. The van der Waals surface area contributed by atoms with Gasteiger partial charge in [0.1, 0.15) is 0 Å². The van der Waals surface area contributed by atoms with Crippen LogP contribution in [0.5, 0.6) is 0 Å². The molecule has 12 heavy (non-hydrogen) atoms. The number of Topliss-reactive ketones (excluding diaryl/α,β-unsaturated/α-hetero) is 1. The van der Waals surface area contributed by atoms with E-state index in [1.165, 1.54) is 0 Å². The molecule has 1 atom stereocenters. The molecule has 0 rings (SSSR count). The fraction of sp³-hybridized carbons (Fsp3) is 0.700. The Hall–Kier alpha value is -0.630. The lowest BCUT2D eigenvalue weighted by molar-refractivity contribution is -0.119. The summed E-state index contributed by atoms with van der Waals surface area (Å²) in [6, 6.07) is 0. The van der Waals surface area contributed by atoms with Crippen molar-refractivity contribution in [1.82, 2.24) is 0 Å². The van der Waals surface area contributed by atoms with Crippen molar-refractivity contribution < 1.29 is 9.53 Å². The van der Waals surface area contributed by atoms with Crippen LogP contribution in [0.25, 0.3) is 0 Å². The Bertz CT molecular complexity index is 161. The SMILES string of the molecule is C=C(C)C(=O)C(C)CCOCC. The van der Waals surface area contributed by atoms with Crippen LogP contribution in [0.2, 0.25) is 0 Å². The van der Waals surface area contributed by atoms with E-state index >= 15 is 0 Å². The predicted molar refractivity (Wildman–Crippen MR) is 50.1 cm³/mol. The second-order valence-corrected chi connectivity index (χ2v) is 3.03. The van der Waals surface area contributed by atoms with Gasteiger partial charge in [0.25, 0.3) is 0 Å². The van der Waals surface area contributed by atoms with Gasteiger partial charge in [0.05, 0.1) is 0 Å². The monoisotopic (exact) mass is 170 g/mol. The summed E-state index contributed by atoms with van der Waals surface area (Å²) in [7, 11) is 0. The van der Waals surface area contributed by atoms with Crippen molar-refractivity contribution in [3.8, 4) is 0 Å². The zero-order valence-electron chi connectivity index (χ0n) is 8.22. The minimum atomic E-state index is 0.0500. The lowest BCUT2D eigenvalue weighted by Gasteiger charge is -2.09. The highest BCUT2D eigenvalue weighted by molar-refractivity contribution is 5.95. The van der Waals surface area contributed by atoms with Crippen molar-refractivity contribution in [3.05, 3.63) is 12.2 Å². The predicted octanol–water partition coefficient (Wildman–Crippen LogP) is 2.19. The van der Waals surface area contributed by atoms with E-state index in [1.807, 2.05) is 13.8 Å². The molecule has 2 heteroatoms. The van der Waals surface area contributed by atoms with Gasteiger partial charge in [-0.05, 0) is 25.8 Å². The maximum atomic E-state index is 11.3. The highest BCUT2D eigenvalue weighted by atomic mass is 16.5. The molecule has 0 aliphatic carbocycles. The van der Waals surface area contributed by atoms with E-state index < -0.39 is 0 Å². The molecule has 0 aromatic carbocycles. The van der Waals surface area contributed by atoms with Gasteiger partial charge in [0.2, 0.25) is 0 Å². The van der Waals surface area contributed by atoms with Gasteiger partial charge >= 0.3 is 0 Å². The summed E-state index contributed by atoms with van der Waals surface area (Å²) >= 11 is 0. The molecule has 0 aliphatic heterocycles. The minimum Gasteiger partial charge on any atom is -0.382 e. The number of rotatable bonds is 6. The quantitative estimate of drug-likeness (QED) is 0.451. The summed E-state index contributed by atoms with van der Waals surface area (Å²) in [6.45, 7) is 10.6. The van der Waals surface area contributed by atoms with E-state index in [1.54, 1.807) is 6.92 Å². The third kappa shape index (κ3) is 4.29. The Morgan fingerprint density at radius 1 is 1.58 bits per heavy atom. The molecular weight excluding hydrogens is 152 g/mol. The number of hydrogen-bond acceptors (Lipinski definition) is 2. The number of ether oxygens (including phenoxy) is 1. The molecule has 0 aromatic heterocycles. The zero-order valence-corrected chi connectivity index (χ0v) is 8.22. The topological polar surface area (TPSA) is 26.3 Å². The van der Waals surface area contributed by atoms with Crippen LogP contribution in [0.15, 0.2) is 12.2 Å². The summed E-state index contributed by atoms with van der Waals surface area (Å²) < 4.78 is 5.15. The fourth-order valence-electron chi connectivity index (χ4n) is 0.956. The van der Waals surface area contributed by atoms with E-state index in [0.29, 0.717) is 18.8 Å². The molecular formula is C10H18O2. The normalized spacial score (nSPS) is 12.6. The van der Waals surface area contributed by atoms with Crippen LogP contribution in [-0.2, 0) is 9.53 Å². The summed E-state index contributed by atoms with van der Waals surface area (Å²) in [4.78, 5) is 11.3. The summed E-state index contributed by atoms with van der Waals surface area (Å²) in [6.07, 6.45) is 0.791. The fourth-order valence-corrected chi connectivity index (χ4v) is 0.956. The van der Waals surface area contributed by atoms with Gasteiger partial charge in [-0.1, -0.05) is 13.5 Å². The summed E-state index contributed by atoms with van der Waals surface area (Å²) in [5.74, 6) is 0.198. The lowest BCUT2D eigenvalue weighted by Crippen LogP contribution is -2.13. The smallest absolute Gasteiger partial charge is 0.160 e. The van der Waals surface area contributed by atoms with Crippen molar-refractivity contribution >= 4 is 5.78 Å². The molecule has 2 nitrogen and oxygen atoms in total. The molecule has 0 aliphatic rings. The Morgan fingerprint density at radius 3 is 2.58 bits per heavy atom. The van der Waals surface area contributed by atoms with Crippen LogP contribution in [0, 0.1) is 5.92 Å². The molecule has 0 amide bonds. The first-order valence-electron chi connectivity index (χ1n) is 4.37. The molecule has 0 heterocycles. The van der Waals surface area contributed by atoms with Crippen LogP contribution >= 0.6 is 0 Å². The first kappa shape index (κ1) is 11.4. The Kier molecular flexibility index (Phi) is 5.64. The van der Waals surface area contributed by atoms with Gasteiger partial charge in [-0.15, -0.1) is 0 Å². The van der Waals surface area contributed by atoms with Crippen molar-refractivity contribution in [2.24, 2.45) is 5.92 Å². The maximum Gasteiger partial charge on any atom is 0.160 e. The van der Waals surface area contributed by atoms with E-state index in [-0.39, 0.29) is 11.7 Å². The minimum absolute atomic E-state index is 0.0500. The van der Waals surface area contributed by atoms with E-state index in [4.69, 9.17) is 4.74 Å². The Balaban J connectivity index is 3.64. The molecule has 0 N–H and O–H groups in total. The van der Waals surface area contributed by atoms with Crippen LogP contribution in [0.1, 0.15) is 27.2 Å². The number of carbonyl (C=O) groups excluding carboxylic acids is 1. The highest BCUT2D eigenvalue weighted by Crippen LogP contribution is 2.08. The third-order valence-corrected chi connectivity index (χ3v) is 1.77. The molecule has 0 spiro atoms. The van der Waals surface area contributed by atoms with Crippen LogP contribution < -0.4 is 0 Å². The first-order valence-corrected chi connectivity index (χ1v) is 4.37. The molecule has 1 unspecified atom stereocenters. The van der Waals surface area contributed by atoms with Crippen molar-refractivity contribution in [2.45, 2.75) is 27.2 Å². The van der Waals surface area contributed by atoms with Crippen LogP contribution in [0.3, 0.4) is 0 Å². The number of carbonyl (C=O) groups is 1. The van der Waals surface area contributed by atoms with Crippen molar-refractivity contribution in [2.75, 3.05) is 13.2 Å². The third-order valence-electron chi connectivity index (χ3n) is 1.77. The molecule has 0 aromatic rings. The first-order chi connectivity index (χ1) is 5.59. The average Bonchev–Trinajstić information content (AvgIpc) is 2.03. The van der Waals surface area contributed by atoms with E-state index in [0.717, 1.165) is 6.42 Å². The van der Waals surface area contributed by atoms with Gasteiger partial charge in [-0.2, -0.15) is 0 Å². The molecule has 0 saturated carbocycles. The largest absolute Gasteiger partial charge is 0.382 e. The highest BCUT2D eigenvalue weighted by Gasteiger charge is 2.12. The average molecular weight is 170 g/mol. The van der Waals surface area contributed by atoms with Gasteiger partial charge in [-0.25, -0.2) is 0 Å². The summed E-state index contributed by atoms with van der Waals surface area (Å²) in [5.41, 5.74) is 0.638. The molecule has 70 valence electrons. The second kappa shape index (κ2) is 5.95. The standard InChI is InChI=1S/C10H18O2/c1-5-12-7-6-9(4)10(11)8(2)3/h9H,2,5-7H2,1,3-4H3. The van der Waals surface area contributed by atoms with E-state index in [2.05, 4.69) is 6.58 Å². The molecule has 0 radical (unpaired) electrons. The maximum absolute atomic E-state index is 11.3. The zero-order chi connectivity index (χ0) is 9.56. The number of hydrogen-bond donors (Lipinski definition) is 0. The van der Waals surface area contributed by atoms with Gasteiger partial charge in [-0.3, -0.25) is 4.79 Å². The Morgan fingerprint density at radius 2 is 2.17 bits per heavy atom. The second-order valence-electron chi connectivity index (χ2n) is 3.03. The molecule has 0 bridgehead atoms. The molecule has 0 fully saturated rings. The van der Waals surface area contributed by atoms with Gasteiger partial charge < -0.3 is 4.74 Å².